The van der Waals surface area contributed by atoms with Crippen LogP contribution in [0.5, 0.6) is 0 Å². The Labute approximate surface area is 174 Å². The summed E-state index contributed by atoms with van der Waals surface area (Å²) in [5.41, 5.74) is 2.54. The van der Waals surface area contributed by atoms with Gasteiger partial charge in [0.15, 0.2) is 0 Å². The Kier molecular flexibility index (Phi) is 4.77. The number of quaternary nitrogens is 1. The molecule has 2 bridgehead atoms. The highest BCUT2D eigenvalue weighted by Gasteiger charge is 2.54. The van der Waals surface area contributed by atoms with Crippen molar-refractivity contribution in [2.24, 2.45) is 11.8 Å². The summed E-state index contributed by atoms with van der Waals surface area (Å²) in [6.45, 7) is 4.58. The van der Waals surface area contributed by atoms with E-state index in [1.807, 2.05) is 12.1 Å². The van der Waals surface area contributed by atoms with Gasteiger partial charge in [-0.3, -0.25) is 0 Å². The van der Waals surface area contributed by atoms with E-state index in [4.69, 9.17) is 0 Å². The van der Waals surface area contributed by atoms with Gasteiger partial charge in [0, 0.05) is 24.3 Å². The molecule has 3 aromatic carbocycles. The smallest absolute Gasteiger partial charge is 0.123 e. The van der Waals surface area contributed by atoms with Crippen LogP contribution in [0.2, 0.25) is 0 Å². The zero-order chi connectivity index (χ0) is 19.7. The van der Waals surface area contributed by atoms with Gasteiger partial charge in [0.2, 0.25) is 0 Å². The standard InChI is InChI=1S/C27H30NO/c29-27(24-12-6-2-7-13-24,25-14-8-3-9-15-25)26-21-28(18-16-23(26)17-19-28)20-22-10-4-1-5-11-22/h1-15,23,26,29H,16-21H2/q+1/t23?,26-,28?/m0/s1. The number of hydrogen-bond donors (Lipinski definition) is 1. The van der Waals surface area contributed by atoms with Crippen LogP contribution < -0.4 is 0 Å². The molecule has 0 radical (unpaired) electrons. The lowest BCUT2D eigenvalue weighted by atomic mass is 9.64. The fourth-order valence-electron chi connectivity index (χ4n) is 5.93. The highest BCUT2D eigenvalue weighted by Crippen LogP contribution is 2.49. The van der Waals surface area contributed by atoms with E-state index in [1.54, 1.807) is 0 Å². The van der Waals surface area contributed by atoms with E-state index in [9.17, 15) is 5.11 Å². The van der Waals surface area contributed by atoms with Gasteiger partial charge in [-0.1, -0.05) is 91.0 Å². The van der Waals surface area contributed by atoms with Crippen molar-refractivity contribution in [3.8, 4) is 0 Å². The molecule has 3 fully saturated rings. The molecule has 2 heteroatoms. The molecule has 0 aliphatic carbocycles. The predicted octanol–water partition coefficient (Wildman–Crippen LogP) is 4.98. The van der Waals surface area contributed by atoms with Crippen molar-refractivity contribution in [3.05, 3.63) is 108 Å². The summed E-state index contributed by atoms with van der Waals surface area (Å²) in [4.78, 5) is 0. The van der Waals surface area contributed by atoms with Crippen molar-refractivity contribution in [3.63, 3.8) is 0 Å². The lowest BCUT2D eigenvalue weighted by molar-refractivity contribution is -0.960. The van der Waals surface area contributed by atoms with E-state index in [1.165, 1.54) is 31.5 Å². The topological polar surface area (TPSA) is 20.2 Å². The van der Waals surface area contributed by atoms with Crippen LogP contribution >= 0.6 is 0 Å². The number of fused-ring (bicyclic) bond motifs is 3. The van der Waals surface area contributed by atoms with Gasteiger partial charge in [0.1, 0.15) is 12.1 Å². The normalized spacial score (nSPS) is 26.4. The largest absolute Gasteiger partial charge is 0.380 e. The van der Waals surface area contributed by atoms with Crippen molar-refractivity contribution in [1.29, 1.82) is 0 Å². The summed E-state index contributed by atoms with van der Waals surface area (Å²) >= 11 is 0. The van der Waals surface area contributed by atoms with Crippen molar-refractivity contribution in [1.82, 2.24) is 0 Å². The number of rotatable bonds is 5. The van der Waals surface area contributed by atoms with E-state index in [-0.39, 0.29) is 5.92 Å². The van der Waals surface area contributed by atoms with Gasteiger partial charge in [-0.2, -0.15) is 0 Å². The maximum atomic E-state index is 12.4. The average Bonchev–Trinajstić information content (AvgIpc) is 2.81. The summed E-state index contributed by atoms with van der Waals surface area (Å²) in [5, 5.41) is 12.4. The van der Waals surface area contributed by atoms with Crippen LogP contribution in [0.25, 0.3) is 0 Å². The number of aliphatic hydroxyl groups is 1. The summed E-state index contributed by atoms with van der Waals surface area (Å²) < 4.78 is 1.10. The Hall–Kier alpha value is -2.42. The van der Waals surface area contributed by atoms with E-state index in [0.717, 1.165) is 28.7 Å². The Balaban J connectivity index is 1.55. The molecule has 3 aliphatic heterocycles. The molecule has 3 aliphatic rings. The van der Waals surface area contributed by atoms with Gasteiger partial charge in [-0.05, 0) is 17.0 Å². The second-order valence-electron chi connectivity index (χ2n) is 9.06. The van der Waals surface area contributed by atoms with Crippen molar-refractivity contribution < 1.29 is 9.59 Å². The fraction of sp³-hybridized carbons (Fsp3) is 0.333. The molecule has 6 rings (SSSR count). The van der Waals surface area contributed by atoms with Crippen molar-refractivity contribution in [2.45, 2.75) is 25.0 Å². The molecule has 3 heterocycles. The van der Waals surface area contributed by atoms with Crippen LogP contribution in [0, 0.1) is 11.8 Å². The minimum Gasteiger partial charge on any atom is -0.380 e. The minimum absolute atomic E-state index is 0.235. The SMILES string of the molecule is OC(c1ccccc1)(c1ccccc1)[C@H]1C[N+]2(Cc3ccccc3)CCC1CC2. The Morgan fingerprint density at radius 1 is 0.724 bits per heavy atom. The molecular formula is C27H30NO+. The quantitative estimate of drug-likeness (QED) is 0.615. The van der Waals surface area contributed by atoms with Crippen molar-refractivity contribution >= 4 is 0 Å². The van der Waals surface area contributed by atoms with Gasteiger partial charge in [-0.15, -0.1) is 0 Å². The Bertz CT molecular complexity index is 891. The third kappa shape index (κ3) is 3.31. The lowest BCUT2D eigenvalue weighted by Gasteiger charge is -2.56. The summed E-state index contributed by atoms with van der Waals surface area (Å²) in [6, 6.07) is 31.6. The number of benzene rings is 3. The molecule has 3 aromatic rings. The fourth-order valence-corrected chi connectivity index (χ4v) is 5.93. The van der Waals surface area contributed by atoms with Crippen LogP contribution in [-0.2, 0) is 12.1 Å². The second-order valence-corrected chi connectivity index (χ2v) is 9.06. The molecule has 2 nitrogen and oxygen atoms in total. The van der Waals surface area contributed by atoms with E-state index < -0.39 is 5.60 Å². The first-order valence-electron chi connectivity index (χ1n) is 10.9. The number of piperidine rings is 3. The Morgan fingerprint density at radius 3 is 1.72 bits per heavy atom. The monoisotopic (exact) mass is 384 g/mol. The molecule has 29 heavy (non-hydrogen) atoms. The Morgan fingerprint density at radius 2 is 1.21 bits per heavy atom. The average molecular weight is 385 g/mol. The van der Waals surface area contributed by atoms with Crippen LogP contribution in [0.3, 0.4) is 0 Å². The van der Waals surface area contributed by atoms with Gasteiger partial charge in [-0.25, -0.2) is 0 Å². The molecule has 0 unspecified atom stereocenters. The molecule has 1 N–H and O–H groups in total. The first-order valence-corrected chi connectivity index (χ1v) is 10.9. The second kappa shape index (κ2) is 7.44. The molecule has 0 saturated carbocycles. The molecular weight excluding hydrogens is 354 g/mol. The third-order valence-corrected chi connectivity index (χ3v) is 7.43. The molecule has 0 amide bonds. The molecule has 1 atom stereocenters. The first kappa shape index (κ1) is 18.6. The third-order valence-electron chi connectivity index (χ3n) is 7.43. The zero-order valence-corrected chi connectivity index (χ0v) is 17.0. The van der Waals surface area contributed by atoms with Crippen molar-refractivity contribution in [2.75, 3.05) is 19.6 Å². The maximum absolute atomic E-state index is 12.4. The summed E-state index contributed by atoms with van der Waals surface area (Å²) in [7, 11) is 0. The van der Waals surface area contributed by atoms with Gasteiger partial charge >= 0.3 is 0 Å². The predicted molar refractivity (Wildman–Crippen MR) is 117 cm³/mol. The van der Waals surface area contributed by atoms with Gasteiger partial charge in [0.25, 0.3) is 0 Å². The minimum atomic E-state index is -0.936. The lowest BCUT2D eigenvalue weighted by Crippen LogP contribution is -2.65. The molecule has 148 valence electrons. The molecule has 3 saturated heterocycles. The number of nitrogens with zero attached hydrogens (tertiary/aromatic N) is 1. The summed E-state index contributed by atoms with van der Waals surface area (Å²) in [5.74, 6) is 0.815. The van der Waals surface area contributed by atoms with Crippen LogP contribution in [0.4, 0.5) is 0 Å². The van der Waals surface area contributed by atoms with Crippen LogP contribution in [-0.4, -0.2) is 29.2 Å². The maximum Gasteiger partial charge on any atom is 0.123 e. The van der Waals surface area contributed by atoms with E-state index >= 15 is 0 Å². The van der Waals surface area contributed by atoms with E-state index in [2.05, 4.69) is 78.9 Å². The first-order chi connectivity index (χ1) is 14.2. The van der Waals surface area contributed by atoms with Crippen LogP contribution in [0.1, 0.15) is 29.5 Å². The molecule has 0 aromatic heterocycles. The van der Waals surface area contributed by atoms with E-state index in [0.29, 0.717) is 5.92 Å². The highest BCUT2D eigenvalue weighted by atomic mass is 16.3. The van der Waals surface area contributed by atoms with Gasteiger partial charge in [0.05, 0.1) is 19.6 Å². The molecule has 0 spiro atoms. The number of hydrogen-bond acceptors (Lipinski definition) is 1. The summed E-state index contributed by atoms with van der Waals surface area (Å²) in [6.07, 6.45) is 2.42. The highest BCUT2D eigenvalue weighted by molar-refractivity contribution is 5.37. The van der Waals surface area contributed by atoms with Crippen LogP contribution in [0.15, 0.2) is 91.0 Å². The van der Waals surface area contributed by atoms with Gasteiger partial charge < -0.3 is 9.59 Å². The zero-order valence-electron chi connectivity index (χ0n) is 17.0.